The Morgan fingerprint density at radius 3 is 3.00 bits per heavy atom. The summed E-state index contributed by atoms with van der Waals surface area (Å²) in [6.45, 7) is 4.09. The van der Waals surface area contributed by atoms with Crippen LogP contribution in [0, 0.1) is 5.82 Å². The minimum Gasteiger partial charge on any atom is -0.341 e. The smallest absolute Gasteiger partial charge is 0.151 e. The van der Waals surface area contributed by atoms with E-state index in [1.165, 1.54) is 6.07 Å². The van der Waals surface area contributed by atoms with Gasteiger partial charge in [-0.2, -0.15) is 0 Å². The Balaban J connectivity index is 2.14. The van der Waals surface area contributed by atoms with Crippen molar-refractivity contribution < 1.29 is 4.39 Å². The molecule has 1 atom stereocenters. The van der Waals surface area contributed by atoms with Crippen molar-refractivity contribution in [2.75, 3.05) is 13.1 Å². The van der Waals surface area contributed by atoms with Crippen molar-refractivity contribution >= 4 is 11.0 Å². The quantitative estimate of drug-likeness (QED) is 0.836. The van der Waals surface area contributed by atoms with E-state index in [0.717, 1.165) is 37.3 Å². The number of nitrogens with one attached hydrogen (secondary N) is 2. The number of aromatic nitrogens is 2. The summed E-state index contributed by atoms with van der Waals surface area (Å²) in [6.07, 6.45) is 2.08. The molecule has 2 N–H and O–H groups in total. The van der Waals surface area contributed by atoms with Crippen LogP contribution in [0.3, 0.4) is 0 Å². The van der Waals surface area contributed by atoms with Gasteiger partial charge in [-0.3, -0.25) is 0 Å². The third kappa shape index (κ3) is 1.55. The molecule has 3 rings (SSSR count). The van der Waals surface area contributed by atoms with Gasteiger partial charge >= 0.3 is 0 Å². The zero-order valence-electron chi connectivity index (χ0n) is 9.89. The lowest BCUT2D eigenvalue weighted by atomic mass is 9.83. The van der Waals surface area contributed by atoms with Crippen LogP contribution in [0.25, 0.3) is 11.0 Å². The van der Waals surface area contributed by atoms with Crippen molar-refractivity contribution in [3.63, 3.8) is 0 Å². The molecule has 1 aromatic heterocycles. The topological polar surface area (TPSA) is 40.7 Å². The number of para-hydroxylation sites is 1. The first-order chi connectivity index (χ1) is 8.25. The third-order valence-corrected chi connectivity index (χ3v) is 3.89. The zero-order chi connectivity index (χ0) is 11.9. The van der Waals surface area contributed by atoms with E-state index in [1.54, 1.807) is 6.07 Å². The second kappa shape index (κ2) is 3.81. The molecule has 0 amide bonds. The summed E-state index contributed by atoms with van der Waals surface area (Å²) < 4.78 is 13.6. The van der Waals surface area contributed by atoms with Crippen LogP contribution >= 0.6 is 0 Å². The second-order valence-electron chi connectivity index (χ2n) is 4.78. The number of nitrogens with zero attached hydrogens (tertiary/aromatic N) is 1. The molecule has 2 heterocycles. The highest BCUT2D eigenvalue weighted by molar-refractivity contribution is 5.75. The number of halogens is 1. The minimum absolute atomic E-state index is 0.0471. The summed E-state index contributed by atoms with van der Waals surface area (Å²) in [7, 11) is 0. The van der Waals surface area contributed by atoms with Gasteiger partial charge in [0.1, 0.15) is 11.3 Å². The van der Waals surface area contributed by atoms with Gasteiger partial charge in [0.05, 0.1) is 5.52 Å². The van der Waals surface area contributed by atoms with E-state index in [0.29, 0.717) is 5.52 Å². The molecule has 4 heteroatoms. The molecule has 90 valence electrons. The van der Waals surface area contributed by atoms with Gasteiger partial charge in [-0.15, -0.1) is 0 Å². The molecule has 1 unspecified atom stereocenters. The van der Waals surface area contributed by atoms with E-state index >= 15 is 0 Å². The van der Waals surface area contributed by atoms with Crippen molar-refractivity contribution in [2.45, 2.75) is 25.2 Å². The highest BCUT2D eigenvalue weighted by Crippen LogP contribution is 2.33. The number of imidazole rings is 1. The van der Waals surface area contributed by atoms with Crippen molar-refractivity contribution in [2.24, 2.45) is 0 Å². The van der Waals surface area contributed by atoms with E-state index in [1.807, 2.05) is 6.07 Å². The standard InChI is InChI=1S/C13H16FN3/c1-2-13(6-7-15-8-13)12-16-10-5-3-4-9(14)11(10)17-12/h3-5,15H,2,6-8H2,1H3,(H,16,17). The summed E-state index contributed by atoms with van der Waals surface area (Å²) in [5.41, 5.74) is 1.30. The number of fused-ring (bicyclic) bond motifs is 1. The maximum Gasteiger partial charge on any atom is 0.151 e. The molecule has 1 aliphatic rings. The van der Waals surface area contributed by atoms with Crippen LogP contribution < -0.4 is 5.32 Å². The molecule has 1 aliphatic heterocycles. The summed E-state index contributed by atoms with van der Waals surface area (Å²) in [5, 5.41) is 3.37. The van der Waals surface area contributed by atoms with Crippen LogP contribution in [-0.4, -0.2) is 23.1 Å². The minimum atomic E-state index is -0.248. The maximum absolute atomic E-state index is 13.6. The molecule has 0 saturated carbocycles. The first-order valence-corrected chi connectivity index (χ1v) is 6.11. The molecule has 2 aromatic rings. The fourth-order valence-electron chi connectivity index (χ4n) is 2.66. The normalized spacial score (nSPS) is 24.6. The van der Waals surface area contributed by atoms with Crippen LogP contribution in [0.5, 0.6) is 0 Å². The molecule has 0 radical (unpaired) electrons. The van der Waals surface area contributed by atoms with E-state index in [4.69, 9.17) is 0 Å². The highest BCUT2D eigenvalue weighted by Gasteiger charge is 2.36. The fraction of sp³-hybridized carbons (Fsp3) is 0.462. The second-order valence-corrected chi connectivity index (χ2v) is 4.78. The van der Waals surface area contributed by atoms with Crippen molar-refractivity contribution in [3.05, 3.63) is 29.8 Å². The average Bonchev–Trinajstić information content (AvgIpc) is 2.96. The van der Waals surface area contributed by atoms with Crippen LogP contribution in [0.2, 0.25) is 0 Å². The SMILES string of the molecule is CCC1(c2nc3c(F)cccc3[nH]2)CCNC1. The molecule has 3 nitrogen and oxygen atoms in total. The summed E-state index contributed by atoms with van der Waals surface area (Å²) in [5.74, 6) is 0.673. The fourth-order valence-corrected chi connectivity index (χ4v) is 2.66. The summed E-state index contributed by atoms with van der Waals surface area (Å²) >= 11 is 0. The lowest BCUT2D eigenvalue weighted by molar-refractivity contribution is 0.430. The average molecular weight is 233 g/mol. The molecule has 1 aromatic carbocycles. The molecule has 1 saturated heterocycles. The molecule has 0 spiro atoms. The number of hydrogen-bond donors (Lipinski definition) is 2. The van der Waals surface area contributed by atoms with E-state index in [2.05, 4.69) is 22.2 Å². The molecule has 1 fully saturated rings. The number of hydrogen-bond acceptors (Lipinski definition) is 2. The van der Waals surface area contributed by atoms with Crippen molar-refractivity contribution in [1.82, 2.24) is 15.3 Å². The lowest BCUT2D eigenvalue weighted by Crippen LogP contribution is -2.29. The Morgan fingerprint density at radius 2 is 2.35 bits per heavy atom. The Labute approximate surface area is 99.4 Å². The van der Waals surface area contributed by atoms with E-state index in [-0.39, 0.29) is 11.2 Å². The van der Waals surface area contributed by atoms with Gasteiger partial charge in [0.15, 0.2) is 5.82 Å². The zero-order valence-corrected chi connectivity index (χ0v) is 9.89. The van der Waals surface area contributed by atoms with Gasteiger partial charge in [-0.1, -0.05) is 13.0 Å². The number of benzene rings is 1. The number of H-pyrrole nitrogens is 1. The molecular weight excluding hydrogens is 217 g/mol. The predicted octanol–water partition coefficient (Wildman–Crippen LogP) is 2.34. The molecular formula is C13H16FN3. The van der Waals surface area contributed by atoms with Gasteiger partial charge in [0.25, 0.3) is 0 Å². The molecule has 17 heavy (non-hydrogen) atoms. The first kappa shape index (κ1) is 10.7. The molecule has 0 aliphatic carbocycles. The van der Waals surface area contributed by atoms with Gasteiger partial charge in [0.2, 0.25) is 0 Å². The summed E-state index contributed by atoms with van der Waals surface area (Å²) in [4.78, 5) is 7.75. The van der Waals surface area contributed by atoms with Gasteiger partial charge < -0.3 is 10.3 Å². The number of aromatic amines is 1. The van der Waals surface area contributed by atoms with Crippen LogP contribution in [-0.2, 0) is 5.41 Å². The van der Waals surface area contributed by atoms with Crippen molar-refractivity contribution in [1.29, 1.82) is 0 Å². The Hall–Kier alpha value is -1.42. The van der Waals surface area contributed by atoms with Crippen LogP contribution in [0.4, 0.5) is 4.39 Å². The van der Waals surface area contributed by atoms with Gasteiger partial charge in [-0.05, 0) is 31.5 Å². The van der Waals surface area contributed by atoms with Crippen LogP contribution in [0.1, 0.15) is 25.6 Å². The Kier molecular flexibility index (Phi) is 2.40. The maximum atomic E-state index is 13.6. The number of rotatable bonds is 2. The van der Waals surface area contributed by atoms with Crippen molar-refractivity contribution in [3.8, 4) is 0 Å². The highest BCUT2D eigenvalue weighted by atomic mass is 19.1. The first-order valence-electron chi connectivity index (χ1n) is 6.11. The van der Waals surface area contributed by atoms with Gasteiger partial charge in [0, 0.05) is 12.0 Å². The van der Waals surface area contributed by atoms with Gasteiger partial charge in [-0.25, -0.2) is 9.37 Å². The predicted molar refractivity (Wildman–Crippen MR) is 65.5 cm³/mol. The van der Waals surface area contributed by atoms with E-state index < -0.39 is 0 Å². The summed E-state index contributed by atoms with van der Waals surface area (Å²) in [6, 6.07) is 5.05. The lowest BCUT2D eigenvalue weighted by Gasteiger charge is -2.23. The monoisotopic (exact) mass is 233 g/mol. The van der Waals surface area contributed by atoms with E-state index in [9.17, 15) is 4.39 Å². The Morgan fingerprint density at radius 1 is 1.47 bits per heavy atom. The third-order valence-electron chi connectivity index (χ3n) is 3.89. The van der Waals surface area contributed by atoms with Crippen LogP contribution in [0.15, 0.2) is 18.2 Å². The Bertz CT molecular complexity index is 541. The molecule has 0 bridgehead atoms. The largest absolute Gasteiger partial charge is 0.341 e.